The maximum Gasteiger partial charge on any atom is 0.0783 e. The predicted octanol–water partition coefficient (Wildman–Crippen LogP) is 5.02. The molecule has 0 N–H and O–H groups in total. The van der Waals surface area contributed by atoms with Crippen molar-refractivity contribution < 1.29 is 4.65 Å². The third kappa shape index (κ3) is 7.38. The van der Waals surface area contributed by atoms with Crippen LogP contribution < -0.4 is 0 Å². The Morgan fingerprint density at radius 1 is 0.722 bits per heavy atom. The second-order valence-electron chi connectivity index (χ2n) is 6.12. The minimum Gasteiger partial charge on any atom is -0.633 e. The zero-order valence-electron chi connectivity index (χ0n) is 12.5. The first-order valence-corrected chi connectivity index (χ1v) is 8.34. The van der Waals surface area contributed by atoms with Crippen LogP contribution >= 0.6 is 0 Å². The van der Waals surface area contributed by atoms with Gasteiger partial charge >= 0.3 is 0 Å². The summed E-state index contributed by atoms with van der Waals surface area (Å²) in [4.78, 5) is 0. The molecule has 1 aliphatic rings. The van der Waals surface area contributed by atoms with Crippen LogP contribution in [-0.2, 0) is 0 Å². The summed E-state index contributed by atoms with van der Waals surface area (Å²) in [6.45, 7) is 4.92. The Hall–Kier alpha value is -0.0800. The maximum atomic E-state index is 12.5. The molecule has 0 saturated carbocycles. The molecular formula is C16H33NO. The van der Waals surface area contributed by atoms with E-state index in [1.807, 2.05) is 0 Å². The zero-order chi connectivity index (χ0) is 13.1. The molecule has 0 aromatic rings. The van der Waals surface area contributed by atoms with E-state index >= 15 is 0 Å². The summed E-state index contributed by atoms with van der Waals surface area (Å²) in [5.74, 6) is 0. The Morgan fingerprint density at radius 3 is 1.78 bits per heavy atom. The number of likely N-dealkylation sites (tertiary alicyclic amines) is 1. The van der Waals surface area contributed by atoms with Gasteiger partial charge in [-0.05, 0) is 38.5 Å². The van der Waals surface area contributed by atoms with Crippen molar-refractivity contribution in [1.82, 2.24) is 0 Å². The van der Waals surface area contributed by atoms with E-state index in [0.717, 1.165) is 38.9 Å². The number of nitrogens with zero attached hydrogens (tertiary/aromatic N) is 1. The first-order valence-electron chi connectivity index (χ1n) is 8.34. The second kappa shape index (κ2) is 9.80. The van der Waals surface area contributed by atoms with Crippen LogP contribution in [0.1, 0.15) is 84.0 Å². The Morgan fingerprint density at radius 2 is 1.22 bits per heavy atom. The molecule has 0 bridgehead atoms. The van der Waals surface area contributed by atoms with Crippen LogP contribution in [-0.4, -0.2) is 24.3 Å². The summed E-state index contributed by atoms with van der Waals surface area (Å²) >= 11 is 0. The fourth-order valence-electron chi connectivity index (χ4n) is 3.02. The lowest BCUT2D eigenvalue weighted by Gasteiger charge is -2.42. The van der Waals surface area contributed by atoms with Crippen LogP contribution in [0, 0.1) is 5.21 Å². The number of quaternary nitrogens is 1. The zero-order valence-corrected chi connectivity index (χ0v) is 12.5. The molecule has 18 heavy (non-hydrogen) atoms. The van der Waals surface area contributed by atoms with Gasteiger partial charge in [-0.2, -0.15) is 0 Å². The predicted molar refractivity (Wildman–Crippen MR) is 79.3 cm³/mol. The summed E-state index contributed by atoms with van der Waals surface area (Å²) in [5, 5.41) is 12.5. The summed E-state index contributed by atoms with van der Waals surface area (Å²) in [7, 11) is 0. The molecule has 0 aliphatic carbocycles. The van der Waals surface area contributed by atoms with Gasteiger partial charge in [-0.3, -0.25) is 0 Å². The van der Waals surface area contributed by atoms with E-state index in [0.29, 0.717) is 0 Å². The van der Waals surface area contributed by atoms with Crippen LogP contribution in [0.5, 0.6) is 0 Å². The van der Waals surface area contributed by atoms with Crippen molar-refractivity contribution in [2.45, 2.75) is 84.0 Å². The highest BCUT2D eigenvalue weighted by Gasteiger charge is 2.18. The van der Waals surface area contributed by atoms with Crippen molar-refractivity contribution in [1.29, 1.82) is 0 Å². The number of rotatable bonds is 9. The number of hydroxylamine groups is 3. The van der Waals surface area contributed by atoms with E-state index in [1.54, 1.807) is 0 Å². The molecule has 0 spiro atoms. The third-order valence-corrected chi connectivity index (χ3v) is 4.30. The van der Waals surface area contributed by atoms with E-state index in [4.69, 9.17) is 0 Å². The van der Waals surface area contributed by atoms with Crippen LogP contribution in [0.3, 0.4) is 0 Å². The first kappa shape index (κ1) is 16.0. The van der Waals surface area contributed by atoms with E-state index in [9.17, 15) is 5.21 Å². The van der Waals surface area contributed by atoms with Gasteiger partial charge in [0.1, 0.15) is 0 Å². The highest BCUT2D eigenvalue weighted by Crippen LogP contribution is 2.18. The van der Waals surface area contributed by atoms with Crippen LogP contribution in [0.4, 0.5) is 0 Å². The molecule has 0 unspecified atom stereocenters. The van der Waals surface area contributed by atoms with Gasteiger partial charge in [-0.25, -0.2) is 0 Å². The summed E-state index contributed by atoms with van der Waals surface area (Å²) < 4.78 is 0.121. The quantitative estimate of drug-likeness (QED) is 0.322. The molecule has 0 radical (unpaired) electrons. The Balaban J connectivity index is 1.95. The fraction of sp³-hybridized carbons (Fsp3) is 1.00. The minimum absolute atomic E-state index is 0.121. The largest absolute Gasteiger partial charge is 0.633 e. The van der Waals surface area contributed by atoms with Gasteiger partial charge in [0.2, 0.25) is 0 Å². The lowest BCUT2D eigenvalue weighted by atomic mass is 10.1. The van der Waals surface area contributed by atoms with Crippen molar-refractivity contribution in [2.24, 2.45) is 0 Å². The minimum atomic E-state index is 0.121. The second-order valence-corrected chi connectivity index (χ2v) is 6.12. The average molecular weight is 255 g/mol. The molecule has 1 rings (SSSR count). The average Bonchev–Trinajstić information content (AvgIpc) is 2.58. The molecule has 1 fully saturated rings. The van der Waals surface area contributed by atoms with E-state index in [1.165, 1.54) is 57.8 Å². The SMILES string of the molecule is CCCCCCCCCC[N+]1([O-])CCCCCC1. The van der Waals surface area contributed by atoms with Gasteiger partial charge in [0.25, 0.3) is 0 Å². The Bertz CT molecular complexity index is 186. The molecule has 2 heteroatoms. The topological polar surface area (TPSA) is 23.1 Å². The Labute approximate surface area is 114 Å². The molecule has 108 valence electrons. The number of unbranched alkanes of at least 4 members (excludes halogenated alkanes) is 7. The van der Waals surface area contributed by atoms with Gasteiger partial charge in [-0.1, -0.05) is 45.4 Å². The molecular weight excluding hydrogens is 222 g/mol. The van der Waals surface area contributed by atoms with Crippen molar-refractivity contribution in [3.63, 3.8) is 0 Å². The van der Waals surface area contributed by atoms with Gasteiger partial charge in [0.15, 0.2) is 0 Å². The van der Waals surface area contributed by atoms with E-state index < -0.39 is 0 Å². The molecule has 1 aliphatic heterocycles. The Kier molecular flexibility index (Phi) is 8.70. The van der Waals surface area contributed by atoms with Crippen molar-refractivity contribution >= 4 is 0 Å². The lowest BCUT2D eigenvalue weighted by molar-refractivity contribution is -0.880. The van der Waals surface area contributed by atoms with Crippen molar-refractivity contribution in [3.05, 3.63) is 5.21 Å². The monoisotopic (exact) mass is 255 g/mol. The molecule has 0 atom stereocenters. The third-order valence-electron chi connectivity index (χ3n) is 4.30. The van der Waals surface area contributed by atoms with Crippen LogP contribution in [0.15, 0.2) is 0 Å². The molecule has 2 nitrogen and oxygen atoms in total. The van der Waals surface area contributed by atoms with E-state index in [2.05, 4.69) is 6.92 Å². The molecule has 1 heterocycles. The normalized spacial score (nSPS) is 19.7. The standard InChI is InChI=1S/C16H33NO/c1-2-3-4-5-6-7-8-11-14-17(18)15-12-9-10-13-16-17/h2-16H2,1H3. The fourth-order valence-corrected chi connectivity index (χ4v) is 3.02. The lowest BCUT2D eigenvalue weighted by Crippen LogP contribution is -2.43. The highest BCUT2D eigenvalue weighted by atomic mass is 16.5. The van der Waals surface area contributed by atoms with E-state index in [-0.39, 0.29) is 4.65 Å². The molecule has 0 aromatic carbocycles. The van der Waals surface area contributed by atoms with Crippen molar-refractivity contribution in [2.75, 3.05) is 19.6 Å². The van der Waals surface area contributed by atoms with Gasteiger partial charge in [0.05, 0.1) is 19.6 Å². The molecule has 1 saturated heterocycles. The van der Waals surface area contributed by atoms with Gasteiger partial charge in [-0.15, -0.1) is 0 Å². The summed E-state index contributed by atoms with van der Waals surface area (Å²) in [6.07, 6.45) is 15.5. The number of hydrogen-bond donors (Lipinski definition) is 0. The first-order chi connectivity index (χ1) is 8.77. The van der Waals surface area contributed by atoms with Crippen LogP contribution in [0.2, 0.25) is 0 Å². The maximum absolute atomic E-state index is 12.5. The highest BCUT2D eigenvalue weighted by molar-refractivity contribution is 4.55. The van der Waals surface area contributed by atoms with Gasteiger partial charge in [0, 0.05) is 0 Å². The molecule has 0 amide bonds. The smallest absolute Gasteiger partial charge is 0.0783 e. The van der Waals surface area contributed by atoms with Gasteiger partial charge < -0.3 is 9.85 Å². The summed E-state index contributed by atoms with van der Waals surface area (Å²) in [5.41, 5.74) is 0. The van der Waals surface area contributed by atoms with Crippen molar-refractivity contribution in [3.8, 4) is 0 Å². The molecule has 0 aromatic heterocycles. The summed E-state index contributed by atoms with van der Waals surface area (Å²) in [6, 6.07) is 0. The van der Waals surface area contributed by atoms with Crippen LogP contribution in [0.25, 0.3) is 0 Å². The number of hydrogen-bond acceptors (Lipinski definition) is 1.